The Labute approximate surface area is 159 Å². The molecule has 0 unspecified atom stereocenters. The quantitative estimate of drug-likeness (QED) is 0.594. The first-order valence-corrected chi connectivity index (χ1v) is 8.71. The van der Waals surface area contributed by atoms with Gasteiger partial charge < -0.3 is 9.88 Å². The van der Waals surface area contributed by atoms with E-state index in [2.05, 4.69) is 10.4 Å². The summed E-state index contributed by atoms with van der Waals surface area (Å²) >= 11 is 0. The fourth-order valence-electron chi connectivity index (χ4n) is 2.93. The van der Waals surface area contributed by atoms with Gasteiger partial charge in [0.2, 0.25) is 5.91 Å². The second-order valence-corrected chi connectivity index (χ2v) is 6.47. The van der Waals surface area contributed by atoms with Crippen molar-refractivity contribution in [3.8, 4) is 11.3 Å². The second-order valence-electron chi connectivity index (χ2n) is 6.47. The Morgan fingerprint density at radius 2 is 1.89 bits per heavy atom. The van der Waals surface area contributed by atoms with E-state index in [1.807, 2.05) is 30.3 Å². The van der Waals surface area contributed by atoms with Gasteiger partial charge in [0.25, 0.3) is 5.56 Å². The average molecular weight is 376 g/mol. The molecule has 140 valence electrons. The van der Waals surface area contributed by atoms with Crippen molar-refractivity contribution < 1.29 is 9.18 Å². The highest BCUT2D eigenvalue weighted by molar-refractivity contribution is 5.90. The molecule has 0 spiro atoms. The maximum absolute atomic E-state index is 13.6. The fraction of sp³-hybridized carbons (Fsp3) is 0.0952. The van der Waals surface area contributed by atoms with Crippen LogP contribution in [0.25, 0.3) is 16.8 Å². The Balaban J connectivity index is 1.58. The van der Waals surface area contributed by atoms with Crippen molar-refractivity contribution in [3.05, 3.63) is 88.7 Å². The zero-order valence-corrected chi connectivity index (χ0v) is 15.1. The summed E-state index contributed by atoms with van der Waals surface area (Å²) in [4.78, 5) is 25.0. The monoisotopic (exact) mass is 376 g/mol. The number of carbonyl (C=O) groups is 1. The second kappa shape index (κ2) is 7.11. The molecule has 0 aliphatic carbocycles. The topological polar surface area (TPSA) is 68.4 Å². The number of aryl methyl sites for hydroxylation is 1. The third-order valence-corrected chi connectivity index (χ3v) is 4.44. The van der Waals surface area contributed by atoms with Gasteiger partial charge in [0.1, 0.15) is 17.9 Å². The number of hydrogen-bond donors (Lipinski definition) is 1. The first-order valence-electron chi connectivity index (χ1n) is 8.71. The average Bonchev–Trinajstić information content (AvgIpc) is 3.13. The van der Waals surface area contributed by atoms with Crippen LogP contribution in [0, 0.1) is 12.7 Å². The van der Waals surface area contributed by atoms with Gasteiger partial charge in [-0.05, 0) is 30.7 Å². The molecule has 0 atom stereocenters. The van der Waals surface area contributed by atoms with E-state index in [4.69, 9.17) is 0 Å². The molecule has 2 aromatic carbocycles. The number of benzene rings is 2. The van der Waals surface area contributed by atoms with Crippen molar-refractivity contribution in [2.75, 3.05) is 5.32 Å². The smallest absolute Gasteiger partial charge is 0.277 e. The summed E-state index contributed by atoms with van der Waals surface area (Å²) in [6.45, 7) is 1.46. The van der Waals surface area contributed by atoms with Gasteiger partial charge in [-0.25, -0.2) is 8.91 Å². The molecular formula is C21H17FN4O2. The van der Waals surface area contributed by atoms with E-state index >= 15 is 0 Å². The highest BCUT2D eigenvalue weighted by Gasteiger charge is 2.11. The summed E-state index contributed by atoms with van der Waals surface area (Å²) < 4.78 is 16.4. The number of nitrogens with zero attached hydrogens (tertiary/aromatic N) is 3. The molecule has 1 amide bonds. The van der Waals surface area contributed by atoms with Crippen LogP contribution in [0.1, 0.15) is 5.56 Å². The van der Waals surface area contributed by atoms with Crippen molar-refractivity contribution in [3.63, 3.8) is 0 Å². The molecule has 1 N–H and O–H groups in total. The van der Waals surface area contributed by atoms with Crippen LogP contribution >= 0.6 is 0 Å². The lowest BCUT2D eigenvalue weighted by molar-refractivity contribution is -0.116. The third-order valence-electron chi connectivity index (χ3n) is 4.44. The lowest BCUT2D eigenvalue weighted by Gasteiger charge is -2.08. The SMILES string of the molecule is Cc1ccc(NC(=O)Cn2ccn3nc(-c4ccccc4)cc3c2=O)cc1F. The summed E-state index contributed by atoms with van der Waals surface area (Å²) in [5, 5.41) is 7.01. The van der Waals surface area contributed by atoms with Crippen molar-refractivity contribution >= 4 is 17.1 Å². The number of carbonyl (C=O) groups excluding carboxylic acids is 1. The van der Waals surface area contributed by atoms with Gasteiger partial charge in [0.05, 0.1) is 5.69 Å². The zero-order valence-electron chi connectivity index (χ0n) is 15.1. The van der Waals surface area contributed by atoms with E-state index in [1.54, 1.807) is 31.3 Å². The Morgan fingerprint density at radius 3 is 2.64 bits per heavy atom. The minimum atomic E-state index is -0.419. The van der Waals surface area contributed by atoms with Crippen LogP contribution in [-0.2, 0) is 11.3 Å². The van der Waals surface area contributed by atoms with E-state index in [0.717, 1.165) is 5.56 Å². The molecule has 2 heterocycles. The molecule has 4 rings (SSSR count). The molecule has 0 fully saturated rings. The highest BCUT2D eigenvalue weighted by Crippen LogP contribution is 2.18. The minimum absolute atomic E-state index is 0.184. The molecular weight excluding hydrogens is 359 g/mol. The van der Waals surface area contributed by atoms with Crippen molar-refractivity contribution in [1.82, 2.24) is 14.2 Å². The van der Waals surface area contributed by atoms with Crippen molar-refractivity contribution in [2.24, 2.45) is 0 Å². The standard InChI is InChI=1S/C21H17FN4O2/c1-14-7-8-16(11-17(14)22)23-20(27)13-25-9-10-26-19(21(25)28)12-18(24-26)15-5-3-2-4-6-15/h2-12H,13H2,1H3,(H,23,27). The highest BCUT2D eigenvalue weighted by atomic mass is 19.1. The normalized spacial score (nSPS) is 10.9. The van der Waals surface area contributed by atoms with Gasteiger partial charge in [0.15, 0.2) is 0 Å². The van der Waals surface area contributed by atoms with Crippen LogP contribution in [0.5, 0.6) is 0 Å². The molecule has 4 aromatic rings. The molecule has 2 aromatic heterocycles. The number of aromatic nitrogens is 3. The maximum atomic E-state index is 13.6. The Bertz CT molecular complexity index is 1230. The fourth-order valence-corrected chi connectivity index (χ4v) is 2.93. The van der Waals surface area contributed by atoms with Crippen LogP contribution < -0.4 is 10.9 Å². The minimum Gasteiger partial charge on any atom is -0.324 e. The van der Waals surface area contributed by atoms with Crippen molar-refractivity contribution in [2.45, 2.75) is 13.5 Å². The van der Waals surface area contributed by atoms with Gasteiger partial charge in [-0.3, -0.25) is 9.59 Å². The molecule has 6 nitrogen and oxygen atoms in total. The van der Waals surface area contributed by atoms with E-state index in [1.165, 1.54) is 21.3 Å². The van der Waals surface area contributed by atoms with Gasteiger partial charge in [-0.15, -0.1) is 0 Å². The van der Waals surface area contributed by atoms with E-state index in [0.29, 0.717) is 22.5 Å². The number of rotatable bonds is 4. The molecule has 0 saturated carbocycles. The summed E-state index contributed by atoms with van der Waals surface area (Å²) in [5.74, 6) is -0.818. The summed E-state index contributed by atoms with van der Waals surface area (Å²) in [7, 11) is 0. The third kappa shape index (κ3) is 3.42. The number of nitrogens with one attached hydrogen (secondary N) is 1. The molecule has 0 aliphatic rings. The Hall–Kier alpha value is -3.74. The Kier molecular flexibility index (Phi) is 4.49. The van der Waals surface area contributed by atoms with Crippen LogP contribution in [0.2, 0.25) is 0 Å². The molecule has 28 heavy (non-hydrogen) atoms. The van der Waals surface area contributed by atoms with Crippen LogP contribution in [0.4, 0.5) is 10.1 Å². The number of fused-ring (bicyclic) bond motifs is 1. The van der Waals surface area contributed by atoms with Crippen LogP contribution in [-0.4, -0.2) is 20.1 Å². The predicted octanol–water partition coefficient (Wildman–Crippen LogP) is 3.25. The summed E-state index contributed by atoms with van der Waals surface area (Å²) in [5.41, 5.74) is 2.46. The van der Waals surface area contributed by atoms with E-state index < -0.39 is 11.7 Å². The summed E-state index contributed by atoms with van der Waals surface area (Å²) in [6, 6.07) is 15.7. The number of hydrogen-bond acceptors (Lipinski definition) is 3. The van der Waals surface area contributed by atoms with E-state index in [-0.39, 0.29) is 12.1 Å². The van der Waals surface area contributed by atoms with Gasteiger partial charge in [0, 0.05) is 23.6 Å². The predicted molar refractivity (Wildman–Crippen MR) is 105 cm³/mol. The maximum Gasteiger partial charge on any atom is 0.277 e. The molecule has 0 radical (unpaired) electrons. The first kappa shape index (κ1) is 17.7. The largest absolute Gasteiger partial charge is 0.324 e. The van der Waals surface area contributed by atoms with Gasteiger partial charge >= 0.3 is 0 Å². The van der Waals surface area contributed by atoms with Crippen LogP contribution in [0.3, 0.4) is 0 Å². The summed E-state index contributed by atoms with van der Waals surface area (Å²) in [6.07, 6.45) is 3.13. The Morgan fingerprint density at radius 1 is 1.11 bits per heavy atom. The number of amides is 1. The number of anilines is 1. The molecule has 7 heteroatoms. The van der Waals surface area contributed by atoms with Gasteiger partial charge in [-0.1, -0.05) is 36.4 Å². The molecule has 0 bridgehead atoms. The lowest BCUT2D eigenvalue weighted by Crippen LogP contribution is -2.28. The van der Waals surface area contributed by atoms with Crippen LogP contribution in [0.15, 0.2) is 71.8 Å². The van der Waals surface area contributed by atoms with Crippen molar-refractivity contribution in [1.29, 1.82) is 0 Å². The molecule has 0 saturated heterocycles. The number of halogens is 1. The molecule has 0 aliphatic heterocycles. The lowest BCUT2D eigenvalue weighted by atomic mass is 10.1. The zero-order chi connectivity index (χ0) is 19.7. The first-order chi connectivity index (χ1) is 13.5. The van der Waals surface area contributed by atoms with Gasteiger partial charge in [-0.2, -0.15) is 5.10 Å². The van der Waals surface area contributed by atoms with E-state index in [9.17, 15) is 14.0 Å².